The van der Waals surface area contributed by atoms with Crippen molar-refractivity contribution in [1.82, 2.24) is 25.1 Å². The summed E-state index contributed by atoms with van der Waals surface area (Å²) in [4.78, 5) is 2.37. The van der Waals surface area contributed by atoms with Crippen molar-refractivity contribution < 1.29 is 9.84 Å². The van der Waals surface area contributed by atoms with Crippen LogP contribution in [0.25, 0.3) is 0 Å². The molecule has 0 amide bonds. The van der Waals surface area contributed by atoms with Crippen LogP contribution in [-0.4, -0.2) is 56.5 Å². The fourth-order valence-corrected chi connectivity index (χ4v) is 3.80. The molecular formula is C17H23N5O2. The summed E-state index contributed by atoms with van der Waals surface area (Å²) in [6.07, 6.45) is 4.77. The van der Waals surface area contributed by atoms with Gasteiger partial charge in [0.15, 0.2) is 5.82 Å². The third kappa shape index (κ3) is 3.01. The second-order valence-electron chi connectivity index (χ2n) is 6.56. The number of ether oxygens (including phenoxy) is 1. The Hall–Kier alpha value is -1.99. The molecule has 0 spiro atoms. The van der Waals surface area contributed by atoms with Gasteiger partial charge < -0.3 is 9.84 Å². The molecule has 1 aromatic carbocycles. The van der Waals surface area contributed by atoms with Crippen molar-refractivity contribution >= 4 is 0 Å². The molecule has 1 aromatic heterocycles. The van der Waals surface area contributed by atoms with Gasteiger partial charge in [0.1, 0.15) is 5.75 Å². The van der Waals surface area contributed by atoms with Crippen LogP contribution in [0.5, 0.6) is 5.75 Å². The maximum absolute atomic E-state index is 9.63. The maximum atomic E-state index is 9.63. The molecule has 2 fully saturated rings. The van der Waals surface area contributed by atoms with Gasteiger partial charge in [-0.1, -0.05) is 25.0 Å². The Kier molecular flexibility index (Phi) is 4.44. The summed E-state index contributed by atoms with van der Waals surface area (Å²) in [7, 11) is 0. The molecular weight excluding hydrogens is 306 g/mol. The van der Waals surface area contributed by atoms with Gasteiger partial charge in [-0.2, -0.15) is 0 Å². The van der Waals surface area contributed by atoms with Gasteiger partial charge in [-0.25, -0.2) is 4.68 Å². The first-order valence-electron chi connectivity index (χ1n) is 8.71. The summed E-state index contributed by atoms with van der Waals surface area (Å²) in [6.45, 7) is 3.14. The molecule has 0 radical (unpaired) electrons. The molecule has 2 aromatic rings. The van der Waals surface area contributed by atoms with Crippen LogP contribution in [0, 0.1) is 0 Å². The summed E-state index contributed by atoms with van der Waals surface area (Å²) in [5.41, 5.74) is 1.10. The average molecular weight is 329 g/mol. The van der Waals surface area contributed by atoms with E-state index in [1.807, 2.05) is 16.8 Å². The van der Waals surface area contributed by atoms with Crippen molar-refractivity contribution in [1.29, 1.82) is 0 Å². The highest BCUT2D eigenvalue weighted by atomic mass is 16.5. The Morgan fingerprint density at radius 2 is 1.79 bits per heavy atom. The van der Waals surface area contributed by atoms with Gasteiger partial charge in [0.2, 0.25) is 0 Å². The Bertz CT molecular complexity index is 660. The van der Waals surface area contributed by atoms with Crippen LogP contribution in [0.3, 0.4) is 0 Å². The predicted octanol–water partition coefficient (Wildman–Crippen LogP) is 1.92. The highest BCUT2D eigenvalue weighted by Gasteiger charge is 2.31. The SMILES string of the molecule is Oc1ccc(C(c2nnnn2C2CCCC2)N2CCOCC2)cc1. The molecule has 4 rings (SSSR count). The number of rotatable bonds is 4. The lowest BCUT2D eigenvalue weighted by Crippen LogP contribution is -2.40. The minimum atomic E-state index is -0.00917. The molecule has 2 aliphatic rings. The van der Waals surface area contributed by atoms with E-state index in [1.54, 1.807) is 12.1 Å². The lowest BCUT2D eigenvalue weighted by Gasteiger charge is -2.34. The van der Waals surface area contributed by atoms with Gasteiger partial charge in [0.05, 0.1) is 25.3 Å². The lowest BCUT2D eigenvalue weighted by molar-refractivity contribution is 0.0213. The largest absolute Gasteiger partial charge is 0.508 e. The first-order chi connectivity index (χ1) is 11.8. The van der Waals surface area contributed by atoms with Crippen LogP contribution < -0.4 is 0 Å². The first-order valence-corrected chi connectivity index (χ1v) is 8.71. The van der Waals surface area contributed by atoms with E-state index in [0.717, 1.165) is 50.5 Å². The third-order valence-corrected chi connectivity index (χ3v) is 5.05. The normalized spacial score (nSPS) is 21.2. The molecule has 1 aliphatic heterocycles. The van der Waals surface area contributed by atoms with Gasteiger partial charge in [-0.3, -0.25) is 4.90 Å². The van der Waals surface area contributed by atoms with Gasteiger partial charge in [0, 0.05) is 13.1 Å². The number of morpholine rings is 1. The van der Waals surface area contributed by atoms with E-state index in [2.05, 4.69) is 20.4 Å². The maximum Gasteiger partial charge on any atom is 0.173 e. The second-order valence-corrected chi connectivity index (χ2v) is 6.56. The lowest BCUT2D eigenvalue weighted by atomic mass is 10.0. The quantitative estimate of drug-likeness (QED) is 0.923. The minimum Gasteiger partial charge on any atom is -0.508 e. The first kappa shape index (κ1) is 15.5. The topological polar surface area (TPSA) is 76.3 Å². The molecule has 1 saturated heterocycles. The van der Waals surface area contributed by atoms with E-state index in [1.165, 1.54) is 12.8 Å². The predicted molar refractivity (Wildman–Crippen MR) is 87.7 cm³/mol. The molecule has 24 heavy (non-hydrogen) atoms. The molecule has 0 bridgehead atoms. The van der Waals surface area contributed by atoms with Gasteiger partial charge in [-0.15, -0.1) is 5.10 Å². The van der Waals surface area contributed by atoms with Crippen molar-refractivity contribution in [2.24, 2.45) is 0 Å². The van der Waals surface area contributed by atoms with Gasteiger partial charge in [-0.05, 0) is 41.0 Å². The Morgan fingerprint density at radius 3 is 2.50 bits per heavy atom. The van der Waals surface area contributed by atoms with E-state index in [9.17, 15) is 5.11 Å². The number of tetrazole rings is 1. The monoisotopic (exact) mass is 329 g/mol. The van der Waals surface area contributed by atoms with Crippen molar-refractivity contribution in [2.45, 2.75) is 37.8 Å². The summed E-state index contributed by atoms with van der Waals surface area (Å²) in [6, 6.07) is 7.77. The van der Waals surface area contributed by atoms with Crippen LogP contribution in [-0.2, 0) is 4.74 Å². The molecule has 7 heteroatoms. The van der Waals surface area contributed by atoms with Gasteiger partial charge >= 0.3 is 0 Å². The molecule has 128 valence electrons. The summed E-state index contributed by atoms with van der Waals surface area (Å²) >= 11 is 0. The van der Waals surface area contributed by atoms with Crippen molar-refractivity contribution in [3.63, 3.8) is 0 Å². The molecule has 1 unspecified atom stereocenters. The van der Waals surface area contributed by atoms with E-state index in [-0.39, 0.29) is 11.8 Å². The number of phenolic OH excluding ortho intramolecular Hbond substituents is 1. The summed E-state index contributed by atoms with van der Waals surface area (Å²) < 4.78 is 7.54. The number of aromatic nitrogens is 4. The molecule has 1 saturated carbocycles. The zero-order chi connectivity index (χ0) is 16.4. The standard InChI is InChI=1S/C17H23N5O2/c23-15-7-5-13(6-8-15)16(21-9-11-24-12-10-21)17-18-19-20-22(17)14-3-1-2-4-14/h5-8,14,16,23H,1-4,9-12H2. The highest BCUT2D eigenvalue weighted by molar-refractivity contribution is 5.31. The molecule has 1 atom stereocenters. The van der Waals surface area contributed by atoms with E-state index in [4.69, 9.17) is 4.74 Å². The van der Waals surface area contributed by atoms with E-state index >= 15 is 0 Å². The number of phenols is 1. The molecule has 1 N–H and O–H groups in total. The van der Waals surface area contributed by atoms with Crippen LogP contribution in [0.2, 0.25) is 0 Å². The van der Waals surface area contributed by atoms with Crippen LogP contribution in [0.1, 0.15) is 49.2 Å². The Labute approximate surface area is 141 Å². The molecule has 1 aliphatic carbocycles. The van der Waals surface area contributed by atoms with Crippen molar-refractivity contribution in [2.75, 3.05) is 26.3 Å². The van der Waals surface area contributed by atoms with Crippen LogP contribution in [0.15, 0.2) is 24.3 Å². The Balaban J connectivity index is 1.72. The van der Waals surface area contributed by atoms with Crippen molar-refractivity contribution in [3.05, 3.63) is 35.7 Å². The molecule has 7 nitrogen and oxygen atoms in total. The Morgan fingerprint density at radius 1 is 1.08 bits per heavy atom. The third-order valence-electron chi connectivity index (χ3n) is 5.05. The summed E-state index contributed by atoms with van der Waals surface area (Å²) in [5, 5.41) is 22.3. The van der Waals surface area contributed by atoms with Gasteiger partial charge in [0.25, 0.3) is 0 Å². The highest BCUT2D eigenvalue weighted by Crippen LogP contribution is 2.34. The fraction of sp³-hybridized carbons (Fsp3) is 0.588. The smallest absolute Gasteiger partial charge is 0.173 e. The van der Waals surface area contributed by atoms with Crippen LogP contribution >= 0.6 is 0 Å². The average Bonchev–Trinajstić information content (AvgIpc) is 3.29. The number of nitrogens with zero attached hydrogens (tertiary/aromatic N) is 5. The fourth-order valence-electron chi connectivity index (χ4n) is 3.80. The zero-order valence-electron chi connectivity index (χ0n) is 13.7. The molecule has 2 heterocycles. The van der Waals surface area contributed by atoms with Crippen LogP contribution in [0.4, 0.5) is 0 Å². The number of benzene rings is 1. The number of aromatic hydroxyl groups is 1. The second kappa shape index (κ2) is 6.86. The number of hydrogen-bond donors (Lipinski definition) is 1. The van der Waals surface area contributed by atoms with Crippen molar-refractivity contribution in [3.8, 4) is 5.75 Å². The summed E-state index contributed by atoms with van der Waals surface area (Å²) in [5.74, 6) is 1.17. The number of hydrogen-bond acceptors (Lipinski definition) is 6. The minimum absolute atomic E-state index is 0.00917. The zero-order valence-corrected chi connectivity index (χ0v) is 13.7. The van der Waals surface area contributed by atoms with E-state index in [0.29, 0.717) is 6.04 Å². The van der Waals surface area contributed by atoms with E-state index < -0.39 is 0 Å².